The maximum atomic E-state index is 13.2. The molecule has 0 radical (unpaired) electrons. The Morgan fingerprint density at radius 1 is 1.18 bits per heavy atom. The summed E-state index contributed by atoms with van der Waals surface area (Å²) in [5.41, 5.74) is 7.97. The summed E-state index contributed by atoms with van der Waals surface area (Å²) in [7, 11) is 0. The number of hydrogen-bond acceptors (Lipinski definition) is 6. The van der Waals surface area contributed by atoms with E-state index >= 15 is 0 Å². The summed E-state index contributed by atoms with van der Waals surface area (Å²) in [5, 5.41) is 0.672. The van der Waals surface area contributed by atoms with E-state index in [1.54, 1.807) is 18.5 Å². The third kappa shape index (κ3) is 3.92. The van der Waals surface area contributed by atoms with Gasteiger partial charge in [0.1, 0.15) is 4.88 Å². The molecule has 28 heavy (non-hydrogen) atoms. The van der Waals surface area contributed by atoms with E-state index in [1.807, 2.05) is 30.0 Å². The highest BCUT2D eigenvalue weighted by Gasteiger charge is 2.36. The van der Waals surface area contributed by atoms with Gasteiger partial charge in [-0.1, -0.05) is 30.3 Å². The Bertz CT molecular complexity index is 934. The van der Waals surface area contributed by atoms with Crippen molar-refractivity contribution < 1.29 is 4.79 Å². The van der Waals surface area contributed by atoms with Gasteiger partial charge >= 0.3 is 0 Å². The first-order valence-electron chi connectivity index (χ1n) is 8.96. The first-order chi connectivity index (χ1) is 13.2. The van der Waals surface area contributed by atoms with E-state index in [0.717, 1.165) is 5.69 Å². The minimum atomic E-state index is 0. The van der Waals surface area contributed by atoms with E-state index in [-0.39, 0.29) is 30.2 Å². The largest absolute Gasteiger partial charge is 0.337 e. The van der Waals surface area contributed by atoms with Crippen molar-refractivity contribution in [3.63, 3.8) is 0 Å². The molecule has 1 aliphatic rings. The first-order valence-corrected chi connectivity index (χ1v) is 9.78. The summed E-state index contributed by atoms with van der Waals surface area (Å²) in [4.78, 5) is 28.7. The van der Waals surface area contributed by atoms with Crippen LogP contribution in [-0.4, -0.2) is 45.4 Å². The van der Waals surface area contributed by atoms with Crippen LogP contribution in [0.5, 0.6) is 0 Å². The quantitative estimate of drug-likeness (QED) is 0.707. The number of likely N-dealkylation sites (tertiary alicyclic amines) is 1. The van der Waals surface area contributed by atoms with Gasteiger partial charge in [-0.05, 0) is 31.0 Å². The number of nitrogens with two attached hydrogens (primary N) is 1. The zero-order valence-electron chi connectivity index (χ0n) is 15.5. The van der Waals surface area contributed by atoms with Crippen LogP contribution in [0.3, 0.4) is 0 Å². The van der Waals surface area contributed by atoms with Gasteiger partial charge in [0, 0.05) is 31.4 Å². The highest BCUT2D eigenvalue weighted by atomic mass is 35.5. The number of carbonyl (C=O) groups excluding carboxylic acids is 1. The lowest BCUT2D eigenvalue weighted by molar-refractivity contribution is 0.0790. The molecule has 1 saturated heterocycles. The molecule has 1 aromatic carbocycles. The third-order valence-electron chi connectivity index (χ3n) is 5.01. The smallest absolute Gasteiger partial charge is 0.265 e. The summed E-state index contributed by atoms with van der Waals surface area (Å²) in [5.74, 6) is 1.10. The molecule has 0 unspecified atom stereocenters. The molecule has 1 aliphatic heterocycles. The molecule has 1 fully saturated rings. The van der Waals surface area contributed by atoms with Crippen LogP contribution >= 0.6 is 23.7 Å². The molecule has 0 spiro atoms. The zero-order chi connectivity index (χ0) is 18.8. The number of rotatable bonds is 4. The molecule has 1 amide bonds. The van der Waals surface area contributed by atoms with Crippen LogP contribution in [0.15, 0.2) is 48.8 Å². The Morgan fingerprint density at radius 3 is 2.57 bits per heavy atom. The van der Waals surface area contributed by atoms with Crippen molar-refractivity contribution in [2.24, 2.45) is 11.7 Å². The number of thiazole rings is 1. The van der Waals surface area contributed by atoms with Crippen LogP contribution in [0.25, 0.3) is 10.8 Å². The Kier molecular flexibility index (Phi) is 6.39. The number of benzene rings is 1. The van der Waals surface area contributed by atoms with E-state index in [4.69, 9.17) is 5.73 Å². The van der Waals surface area contributed by atoms with Crippen LogP contribution in [0, 0.1) is 12.8 Å². The molecule has 0 aliphatic carbocycles. The Hall–Kier alpha value is -2.35. The molecule has 2 atom stereocenters. The predicted molar refractivity (Wildman–Crippen MR) is 113 cm³/mol. The van der Waals surface area contributed by atoms with E-state index in [0.29, 0.717) is 35.3 Å². The lowest BCUT2D eigenvalue weighted by Gasteiger charge is -2.16. The zero-order valence-corrected chi connectivity index (χ0v) is 17.1. The fourth-order valence-corrected chi connectivity index (χ4v) is 4.58. The molecule has 3 aromatic rings. The molecule has 6 nitrogen and oxygen atoms in total. The number of carbonyl (C=O) groups is 1. The van der Waals surface area contributed by atoms with Gasteiger partial charge < -0.3 is 10.6 Å². The summed E-state index contributed by atoms with van der Waals surface area (Å²) in [6, 6.07) is 12.1. The second-order valence-corrected chi connectivity index (χ2v) is 7.73. The fraction of sp³-hybridized carbons (Fsp3) is 0.300. The SMILES string of the molecule is Cc1nc(-c2ncccn2)sc1C(=O)N1C[C@@H](CN)[C@H](c2ccccc2)C1.Cl. The van der Waals surface area contributed by atoms with Gasteiger partial charge in [0.2, 0.25) is 0 Å². The number of amides is 1. The number of aryl methyl sites for hydroxylation is 1. The average Bonchev–Trinajstić information content (AvgIpc) is 3.33. The van der Waals surface area contributed by atoms with Gasteiger partial charge in [0.15, 0.2) is 10.8 Å². The Labute approximate surface area is 174 Å². The first kappa shape index (κ1) is 20.4. The van der Waals surface area contributed by atoms with Crippen LogP contribution in [0.2, 0.25) is 0 Å². The lowest BCUT2D eigenvalue weighted by Crippen LogP contribution is -2.29. The van der Waals surface area contributed by atoms with Crippen LogP contribution in [-0.2, 0) is 0 Å². The van der Waals surface area contributed by atoms with E-state index in [2.05, 4.69) is 27.1 Å². The number of halogens is 1. The molecule has 2 aromatic heterocycles. The fourth-order valence-electron chi connectivity index (χ4n) is 3.60. The van der Waals surface area contributed by atoms with Crippen molar-refractivity contribution in [1.82, 2.24) is 19.9 Å². The van der Waals surface area contributed by atoms with Crippen LogP contribution in [0.4, 0.5) is 0 Å². The van der Waals surface area contributed by atoms with Gasteiger partial charge in [-0.25, -0.2) is 15.0 Å². The van der Waals surface area contributed by atoms with Crippen molar-refractivity contribution >= 4 is 29.7 Å². The van der Waals surface area contributed by atoms with Crippen LogP contribution in [0.1, 0.15) is 26.8 Å². The number of hydrogen-bond donors (Lipinski definition) is 1. The van der Waals surface area contributed by atoms with Gasteiger partial charge in [-0.2, -0.15) is 0 Å². The molecule has 146 valence electrons. The standard InChI is InChI=1S/C20H21N5OS.ClH/c1-13-17(27-19(24-13)18-22-8-5-9-23-18)20(26)25-11-15(10-21)16(12-25)14-6-3-2-4-7-14;/h2-9,15-16H,10-12,21H2,1H3;1H/t15-,16+;/m1./s1. The van der Waals surface area contributed by atoms with Gasteiger partial charge in [-0.3, -0.25) is 4.79 Å². The Morgan fingerprint density at radius 2 is 1.89 bits per heavy atom. The summed E-state index contributed by atoms with van der Waals surface area (Å²) < 4.78 is 0. The maximum Gasteiger partial charge on any atom is 0.265 e. The molecule has 2 N–H and O–H groups in total. The lowest BCUT2D eigenvalue weighted by atomic mass is 9.89. The average molecular weight is 416 g/mol. The normalized spacial score (nSPS) is 18.7. The summed E-state index contributed by atoms with van der Waals surface area (Å²) in [6.07, 6.45) is 3.36. The monoisotopic (exact) mass is 415 g/mol. The minimum Gasteiger partial charge on any atom is -0.337 e. The second kappa shape index (κ2) is 8.77. The molecule has 0 saturated carbocycles. The molecule has 0 bridgehead atoms. The van der Waals surface area contributed by atoms with Crippen molar-refractivity contribution in [2.75, 3.05) is 19.6 Å². The summed E-state index contributed by atoms with van der Waals surface area (Å²) in [6.45, 7) is 3.78. The molecule has 8 heteroatoms. The van der Waals surface area contributed by atoms with Gasteiger partial charge in [-0.15, -0.1) is 23.7 Å². The topological polar surface area (TPSA) is 85.0 Å². The van der Waals surface area contributed by atoms with E-state index < -0.39 is 0 Å². The minimum absolute atomic E-state index is 0. The molecular formula is C20H22ClN5OS. The van der Waals surface area contributed by atoms with E-state index in [9.17, 15) is 4.79 Å². The van der Waals surface area contributed by atoms with Crippen molar-refractivity contribution in [3.05, 3.63) is 64.9 Å². The predicted octanol–water partition coefficient (Wildman–Crippen LogP) is 3.14. The summed E-state index contributed by atoms with van der Waals surface area (Å²) >= 11 is 1.35. The van der Waals surface area contributed by atoms with Crippen LogP contribution < -0.4 is 5.73 Å². The highest BCUT2D eigenvalue weighted by Crippen LogP contribution is 2.34. The Balaban J connectivity index is 0.00000225. The third-order valence-corrected chi connectivity index (χ3v) is 6.15. The van der Waals surface area contributed by atoms with Crippen molar-refractivity contribution in [2.45, 2.75) is 12.8 Å². The second-order valence-electron chi connectivity index (χ2n) is 6.73. The molecular weight excluding hydrogens is 394 g/mol. The molecule has 4 rings (SSSR count). The van der Waals surface area contributed by atoms with Crippen molar-refractivity contribution in [3.8, 4) is 10.8 Å². The van der Waals surface area contributed by atoms with Crippen molar-refractivity contribution in [1.29, 1.82) is 0 Å². The van der Waals surface area contributed by atoms with Gasteiger partial charge in [0.25, 0.3) is 5.91 Å². The maximum absolute atomic E-state index is 13.2. The van der Waals surface area contributed by atoms with Gasteiger partial charge in [0.05, 0.1) is 5.69 Å². The molecule has 3 heterocycles. The highest BCUT2D eigenvalue weighted by molar-refractivity contribution is 7.17. The number of nitrogens with zero attached hydrogens (tertiary/aromatic N) is 4. The van der Waals surface area contributed by atoms with E-state index in [1.165, 1.54) is 16.9 Å². The number of aromatic nitrogens is 3.